The molecule has 2 N–H and O–H groups in total. The van der Waals surface area contributed by atoms with Crippen molar-refractivity contribution < 1.29 is 4.79 Å². The first-order chi connectivity index (χ1) is 10.1. The van der Waals surface area contributed by atoms with Gasteiger partial charge in [-0.3, -0.25) is 4.79 Å². The van der Waals surface area contributed by atoms with Crippen molar-refractivity contribution in [2.24, 2.45) is 0 Å². The third kappa shape index (κ3) is 4.38. The molecule has 2 rings (SSSR count). The summed E-state index contributed by atoms with van der Waals surface area (Å²) in [5.41, 5.74) is 2.97. The molecular formula is C14H23ClN6O. The van der Waals surface area contributed by atoms with Crippen molar-refractivity contribution in [3.63, 3.8) is 0 Å². The zero-order chi connectivity index (χ0) is 15.2. The van der Waals surface area contributed by atoms with Gasteiger partial charge in [0.2, 0.25) is 5.91 Å². The van der Waals surface area contributed by atoms with Crippen LogP contribution in [0.2, 0.25) is 0 Å². The lowest BCUT2D eigenvalue weighted by molar-refractivity contribution is -0.121. The van der Waals surface area contributed by atoms with Gasteiger partial charge in [-0.05, 0) is 32.4 Å². The van der Waals surface area contributed by atoms with E-state index in [1.165, 1.54) is 6.33 Å². The highest BCUT2D eigenvalue weighted by molar-refractivity contribution is 5.85. The average Bonchev–Trinajstić information content (AvgIpc) is 2.91. The van der Waals surface area contributed by atoms with E-state index >= 15 is 0 Å². The van der Waals surface area contributed by atoms with E-state index in [0.29, 0.717) is 25.2 Å². The van der Waals surface area contributed by atoms with Gasteiger partial charge in [-0.25, -0.2) is 9.50 Å². The number of amides is 1. The highest BCUT2D eigenvalue weighted by atomic mass is 35.5. The second kappa shape index (κ2) is 8.65. The minimum Gasteiger partial charge on any atom is -0.355 e. The fraction of sp³-hybridized carbons (Fsp3) is 0.571. The number of carbonyl (C=O) groups is 1. The summed E-state index contributed by atoms with van der Waals surface area (Å²) in [5, 5.41) is 10.2. The van der Waals surface area contributed by atoms with Gasteiger partial charge in [-0.1, -0.05) is 6.92 Å². The molecule has 2 aromatic rings. The maximum absolute atomic E-state index is 11.8. The lowest BCUT2D eigenvalue weighted by Gasteiger charge is -2.10. The molecule has 0 aliphatic rings. The summed E-state index contributed by atoms with van der Waals surface area (Å²) in [5.74, 6) is 0.661. The van der Waals surface area contributed by atoms with Gasteiger partial charge in [0.1, 0.15) is 6.33 Å². The summed E-state index contributed by atoms with van der Waals surface area (Å²) in [6, 6.07) is 0. The normalized spacial score (nSPS) is 10.5. The number of carbonyl (C=O) groups excluding carboxylic acids is 1. The van der Waals surface area contributed by atoms with Crippen molar-refractivity contribution in [1.29, 1.82) is 0 Å². The first kappa shape index (κ1) is 18.3. The van der Waals surface area contributed by atoms with Crippen LogP contribution in [0.15, 0.2) is 6.33 Å². The number of fused-ring (bicyclic) bond motifs is 1. The predicted molar refractivity (Wildman–Crippen MR) is 87.4 cm³/mol. The van der Waals surface area contributed by atoms with Crippen LogP contribution in [0.25, 0.3) is 5.78 Å². The number of aromatic nitrogens is 4. The minimum absolute atomic E-state index is 0. The van der Waals surface area contributed by atoms with Gasteiger partial charge in [0.05, 0.1) is 0 Å². The fourth-order valence-corrected chi connectivity index (χ4v) is 2.31. The van der Waals surface area contributed by atoms with Crippen LogP contribution < -0.4 is 10.6 Å². The Hall–Kier alpha value is -1.73. The van der Waals surface area contributed by atoms with Crippen LogP contribution in [0.4, 0.5) is 0 Å². The summed E-state index contributed by atoms with van der Waals surface area (Å²) in [6.45, 7) is 8.34. The fourth-order valence-electron chi connectivity index (χ4n) is 2.31. The number of rotatable bonds is 7. The number of halogens is 1. The van der Waals surface area contributed by atoms with Crippen LogP contribution in [0.1, 0.15) is 30.3 Å². The quantitative estimate of drug-likeness (QED) is 0.736. The highest BCUT2D eigenvalue weighted by Gasteiger charge is 2.12. The second-order valence-electron chi connectivity index (χ2n) is 4.94. The van der Waals surface area contributed by atoms with Gasteiger partial charge >= 0.3 is 0 Å². The Morgan fingerprint density at radius 1 is 1.32 bits per heavy atom. The summed E-state index contributed by atoms with van der Waals surface area (Å²) < 4.78 is 1.71. The molecule has 22 heavy (non-hydrogen) atoms. The number of nitrogens with zero attached hydrogens (tertiary/aromatic N) is 4. The third-order valence-corrected chi connectivity index (χ3v) is 3.46. The monoisotopic (exact) mass is 326 g/mol. The summed E-state index contributed by atoms with van der Waals surface area (Å²) >= 11 is 0. The van der Waals surface area contributed by atoms with E-state index in [1.54, 1.807) is 4.52 Å². The molecular weight excluding hydrogens is 304 g/mol. The maximum atomic E-state index is 11.8. The van der Waals surface area contributed by atoms with Crippen LogP contribution >= 0.6 is 12.4 Å². The predicted octanol–water partition coefficient (Wildman–Crippen LogP) is 0.821. The van der Waals surface area contributed by atoms with Crippen LogP contribution in [0.5, 0.6) is 0 Å². The van der Waals surface area contributed by atoms with Gasteiger partial charge in [0.25, 0.3) is 5.78 Å². The lowest BCUT2D eigenvalue weighted by atomic mass is 10.1. The van der Waals surface area contributed by atoms with E-state index < -0.39 is 0 Å². The van der Waals surface area contributed by atoms with E-state index in [9.17, 15) is 4.79 Å². The van der Waals surface area contributed by atoms with E-state index in [0.717, 1.165) is 30.0 Å². The summed E-state index contributed by atoms with van der Waals surface area (Å²) in [7, 11) is 0. The van der Waals surface area contributed by atoms with Crippen molar-refractivity contribution in [2.75, 3.05) is 19.6 Å². The van der Waals surface area contributed by atoms with E-state index in [2.05, 4.69) is 25.7 Å². The molecule has 0 bridgehead atoms. The second-order valence-corrected chi connectivity index (χ2v) is 4.94. The van der Waals surface area contributed by atoms with Crippen molar-refractivity contribution in [2.45, 2.75) is 33.6 Å². The van der Waals surface area contributed by atoms with E-state index in [4.69, 9.17) is 0 Å². The van der Waals surface area contributed by atoms with Gasteiger partial charge in [0.15, 0.2) is 0 Å². The van der Waals surface area contributed by atoms with Crippen molar-refractivity contribution >= 4 is 24.1 Å². The zero-order valence-corrected chi connectivity index (χ0v) is 14.0. The molecule has 7 nitrogen and oxygen atoms in total. The van der Waals surface area contributed by atoms with Gasteiger partial charge in [-0.15, -0.1) is 12.4 Å². The Morgan fingerprint density at radius 2 is 2.09 bits per heavy atom. The Balaban J connectivity index is 0.00000242. The highest BCUT2D eigenvalue weighted by Crippen LogP contribution is 2.14. The number of aryl methyl sites for hydroxylation is 2. The van der Waals surface area contributed by atoms with Crippen LogP contribution in [-0.2, 0) is 11.2 Å². The molecule has 0 aromatic carbocycles. The van der Waals surface area contributed by atoms with Crippen molar-refractivity contribution in [3.8, 4) is 0 Å². The largest absolute Gasteiger partial charge is 0.355 e. The Kier molecular flexibility index (Phi) is 7.20. The number of hydrogen-bond acceptors (Lipinski definition) is 5. The van der Waals surface area contributed by atoms with Gasteiger partial charge < -0.3 is 10.6 Å². The van der Waals surface area contributed by atoms with Crippen molar-refractivity contribution in [1.82, 2.24) is 30.2 Å². The molecule has 0 saturated heterocycles. The molecule has 0 aliphatic carbocycles. The lowest BCUT2D eigenvalue weighted by Crippen LogP contribution is -2.31. The van der Waals surface area contributed by atoms with Crippen LogP contribution in [0, 0.1) is 13.8 Å². The molecule has 0 saturated carbocycles. The zero-order valence-electron chi connectivity index (χ0n) is 13.2. The molecule has 0 fully saturated rings. The van der Waals surface area contributed by atoms with Crippen molar-refractivity contribution in [3.05, 3.63) is 23.3 Å². The SMILES string of the molecule is CCNCCNC(=O)CCc1c(C)nc2ncnn2c1C.Cl. The van der Waals surface area contributed by atoms with E-state index in [-0.39, 0.29) is 18.3 Å². The summed E-state index contributed by atoms with van der Waals surface area (Å²) in [6.07, 6.45) is 2.61. The van der Waals surface area contributed by atoms with Crippen LogP contribution in [0.3, 0.4) is 0 Å². The standard InChI is InChI=1S/C14H22N6O.ClH/c1-4-15-7-8-16-13(21)6-5-12-10(2)19-14-17-9-18-20(14)11(12)3;/h9,15H,4-8H2,1-3H3,(H,16,21);1H. The first-order valence-electron chi connectivity index (χ1n) is 7.26. The van der Waals surface area contributed by atoms with E-state index in [1.807, 2.05) is 20.8 Å². The molecule has 1 amide bonds. The maximum Gasteiger partial charge on any atom is 0.252 e. The van der Waals surface area contributed by atoms with Gasteiger partial charge in [-0.2, -0.15) is 10.1 Å². The molecule has 0 atom stereocenters. The number of nitrogens with one attached hydrogen (secondary N) is 2. The molecule has 122 valence electrons. The molecule has 0 spiro atoms. The third-order valence-electron chi connectivity index (χ3n) is 3.46. The van der Waals surface area contributed by atoms with Crippen LogP contribution in [-0.4, -0.2) is 45.1 Å². The topological polar surface area (TPSA) is 84.2 Å². The molecule has 0 radical (unpaired) electrons. The molecule has 2 heterocycles. The first-order valence-corrected chi connectivity index (χ1v) is 7.26. The molecule has 0 aliphatic heterocycles. The molecule has 8 heteroatoms. The smallest absolute Gasteiger partial charge is 0.252 e. The average molecular weight is 327 g/mol. The Labute approximate surface area is 136 Å². The number of likely N-dealkylation sites (N-methyl/N-ethyl adjacent to an activating group) is 1. The molecule has 2 aromatic heterocycles. The Bertz CT molecular complexity index is 627. The molecule has 0 unspecified atom stereocenters. The van der Waals surface area contributed by atoms with Gasteiger partial charge in [0, 0.05) is 30.9 Å². The minimum atomic E-state index is 0. The Morgan fingerprint density at radius 3 is 2.82 bits per heavy atom. The number of hydrogen-bond donors (Lipinski definition) is 2. The summed E-state index contributed by atoms with van der Waals surface area (Å²) in [4.78, 5) is 20.3.